The minimum absolute atomic E-state index is 0.00592. The molecule has 31 heavy (non-hydrogen) atoms. The van der Waals surface area contributed by atoms with E-state index in [1.807, 2.05) is 19.2 Å². The maximum atomic E-state index is 14.0. The molecule has 1 spiro atoms. The SMILES string of the molecule is COc1ccc(C(=O)N2CC3(CC(c4nc(-c5cccnc5)no4)N(C)C3)C2)cc1F. The number of ether oxygens (including phenoxy) is 1. The molecule has 5 rings (SSSR count). The molecule has 2 fully saturated rings. The summed E-state index contributed by atoms with van der Waals surface area (Å²) in [5, 5.41) is 4.10. The Balaban J connectivity index is 1.26. The van der Waals surface area contributed by atoms with E-state index in [1.54, 1.807) is 23.4 Å². The van der Waals surface area contributed by atoms with E-state index in [9.17, 15) is 9.18 Å². The Bertz CT molecular complexity index is 1110. The van der Waals surface area contributed by atoms with Crippen molar-refractivity contribution >= 4 is 5.91 Å². The number of amides is 1. The Morgan fingerprint density at radius 1 is 1.29 bits per heavy atom. The second kappa shape index (κ2) is 7.42. The molecule has 2 aromatic heterocycles. The number of hydrogen-bond donors (Lipinski definition) is 0. The van der Waals surface area contributed by atoms with Crippen LogP contribution >= 0.6 is 0 Å². The first kappa shape index (κ1) is 19.6. The summed E-state index contributed by atoms with van der Waals surface area (Å²) in [4.78, 5) is 25.4. The number of nitrogens with zero attached hydrogens (tertiary/aromatic N) is 5. The normalized spacial score (nSPS) is 20.1. The van der Waals surface area contributed by atoms with Crippen molar-refractivity contribution in [2.45, 2.75) is 12.5 Å². The van der Waals surface area contributed by atoms with Gasteiger partial charge in [-0.3, -0.25) is 14.7 Å². The topological polar surface area (TPSA) is 84.6 Å². The average Bonchev–Trinajstić information content (AvgIpc) is 3.37. The molecule has 9 heteroatoms. The van der Waals surface area contributed by atoms with Crippen LogP contribution in [0.3, 0.4) is 0 Å². The number of hydrogen-bond acceptors (Lipinski definition) is 7. The van der Waals surface area contributed by atoms with Crippen LogP contribution in [0.15, 0.2) is 47.2 Å². The molecule has 1 atom stereocenters. The number of halogens is 1. The van der Waals surface area contributed by atoms with Gasteiger partial charge in [0, 0.05) is 48.6 Å². The summed E-state index contributed by atoms with van der Waals surface area (Å²) in [5.74, 6) is 0.506. The van der Waals surface area contributed by atoms with Crippen LogP contribution in [0.1, 0.15) is 28.7 Å². The largest absolute Gasteiger partial charge is 0.494 e. The van der Waals surface area contributed by atoms with Crippen LogP contribution in [0.5, 0.6) is 5.75 Å². The summed E-state index contributed by atoms with van der Waals surface area (Å²) in [6.07, 6.45) is 4.22. The first-order valence-corrected chi connectivity index (χ1v) is 10.1. The van der Waals surface area contributed by atoms with E-state index in [1.165, 1.54) is 19.2 Å². The van der Waals surface area contributed by atoms with Gasteiger partial charge in [0.1, 0.15) is 0 Å². The molecule has 2 aliphatic heterocycles. The molecule has 160 valence electrons. The molecule has 0 bridgehead atoms. The monoisotopic (exact) mass is 423 g/mol. The highest BCUT2D eigenvalue weighted by Gasteiger charge is 2.53. The second-order valence-electron chi connectivity index (χ2n) is 8.34. The molecule has 0 saturated carbocycles. The van der Waals surface area contributed by atoms with Gasteiger partial charge in [0.25, 0.3) is 5.91 Å². The van der Waals surface area contributed by atoms with Crippen LogP contribution in [-0.2, 0) is 0 Å². The predicted molar refractivity (Wildman–Crippen MR) is 109 cm³/mol. The van der Waals surface area contributed by atoms with E-state index in [0.29, 0.717) is 30.4 Å². The van der Waals surface area contributed by atoms with Gasteiger partial charge in [0.15, 0.2) is 11.6 Å². The van der Waals surface area contributed by atoms with Crippen LogP contribution < -0.4 is 4.74 Å². The first-order valence-electron chi connectivity index (χ1n) is 10.1. The van der Waals surface area contributed by atoms with Crippen LogP contribution in [0.25, 0.3) is 11.4 Å². The minimum atomic E-state index is -0.537. The third-order valence-corrected chi connectivity index (χ3v) is 6.13. The second-order valence-corrected chi connectivity index (χ2v) is 8.34. The highest BCUT2D eigenvalue weighted by atomic mass is 19.1. The third kappa shape index (κ3) is 3.44. The molecular weight excluding hydrogens is 401 g/mol. The van der Waals surface area contributed by atoms with Gasteiger partial charge in [-0.05, 0) is 43.8 Å². The molecule has 1 amide bonds. The summed E-state index contributed by atoms with van der Waals surface area (Å²) >= 11 is 0. The lowest BCUT2D eigenvalue weighted by Gasteiger charge is -2.48. The van der Waals surface area contributed by atoms with Gasteiger partial charge in [-0.1, -0.05) is 5.16 Å². The average molecular weight is 423 g/mol. The standard InChI is InChI=1S/C22H22FN5O3/c1-27-11-22(9-17(27)20-25-19(26-31-20)15-4-3-7-24-10-15)12-28(13-22)21(29)14-5-6-18(30-2)16(23)8-14/h3-8,10,17H,9,11-13H2,1-2H3. The van der Waals surface area contributed by atoms with Gasteiger partial charge in [-0.2, -0.15) is 4.98 Å². The van der Waals surface area contributed by atoms with E-state index in [-0.39, 0.29) is 23.1 Å². The van der Waals surface area contributed by atoms with Crippen LogP contribution in [-0.4, -0.2) is 64.6 Å². The lowest BCUT2D eigenvalue weighted by molar-refractivity contribution is 0.0114. The van der Waals surface area contributed by atoms with Gasteiger partial charge in [0.2, 0.25) is 11.7 Å². The molecule has 8 nitrogen and oxygen atoms in total. The zero-order valence-electron chi connectivity index (χ0n) is 17.3. The number of carbonyl (C=O) groups is 1. The molecule has 0 radical (unpaired) electrons. The van der Waals surface area contributed by atoms with Crippen molar-refractivity contribution in [1.29, 1.82) is 0 Å². The van der Waals surface area contributed by atoms with Crippen molar-refractivity contribution in [3.05, 3.63) is 60.0 Å². The number of carbonyl (C=O) groups excluding carboxylic acids is 1. The molecule has 2 saturated heterocycles. The molecule has 0 N–H and O–H groups in total. The Morgan fingerprint density at radius 2 is 2.13 bits per heavy atom. The zero-order chi connectivity index (χ0) is 21.6. The van der Waals surface area contributed by atoms with Crippen molar-refractivity contribution in [2.24, 2.45) is 5.41 Å². The smallest absolute Gasteiger partial charge is 0.254 e. The summed E-state index contributed by atoms with van der Waals surface area (Å²) in [6.45, 7) is 2.05. The third-order valence-electron chi connectivity index (χ3n) is 6.13. The Kier molecular flexibility index (Phi) is 4.70. The van der Waals surface area contributed by atoms with E-state index >= 15 is 0 Å². The highest BCUT2D eigenvalue weighted by Crippen LogP contribution is 2.47. The van der Waals surface area contributed by atoms with Crippen molar-refractivity contribution in [2.75, 3.05) is 33.8 Å². The fourth-order valence-corrected chi connectivity index (χ4v) is 4.65. The van der Waals surface area contributed by atoms with Gasteiger partial charge >= 0.3 is 0 Å². The van der Waals surface area contributed by atoms with Crippen molar-refractivity contribution in [3.63, 3.8) is 0 Å². The van der Waals surface area contributed by atoms with E-state index < -0.39 is 5.82 Å². The van der Waals surface area contributed by atoms with Crippen LogP contribution in [0.2, 0.25) is 0 Å². The number of benzene rings is 1. The summed E-state index contributed by atoms with van der Waals surface area (Å²) in [5.41, 5.74) is 1.11. The van der Waals surface area contributed by atoms with Gasteiger partial charge in [-0.25, -0.2) is 4.39 Å². The molecule has 3 aromatic rings. The lowest BCUT2D eigenvalue weighted by atomic mass is 9.77. The van der Waals surface area contributed by atoms with E-state index in [2.05, 4.69) is 20.0 Å². The quantitative estimate of drug-likeness (QED) is 0.638. The number of rotatable bonds is 4. The van der Waals surface area contributed by atoms with Crippen LogP contribution in [0.4, 0.5) is 4.39 Å². The molecule has 4 heterocycles. The summed E-state index contributed by atoms with van der Waals surface area (Å²) < 4.78 is 24.4. The Morgan fingerprint density at radius 3 is 2.84 bits per heavy atom. The maximum Gasteiger partial charge on any atom is 0.254 e. The maximum absolute atomic E-state index is 14.0. The van der Waals surface area contributed by atoms with Crippen molar-refractivity contribution in [3.8, 4) is 17.1 Å². The predicted octanol–water partition coefficient (Wildman–Crippen LogP) is 2.80. The Labute approximate surface area is 178 Å². The number of methoxy groups -OCH3 is 1. The first-order chi connectivity index (χ1) is 15.0. The van der Waals surface area contributed by atoms with Crippen molar-refractivity contribution in [1.82, 2.24) is 24.9 Å². The fraction of sp³-hybridized carbons (Fsp3) is 0.364. The van der Waals surface area contributed by atoms with Gasteiger partial charge in [-0.15, -0.1) is 0 Å². The molecule has 1 aromatic carbocycles. The van der Waals surface area contributed by atoms with Gasteiger partial charge in [0.05, 0.1) is 13.2 Å². The Hall–Kier alpha value is -3.33. The van der Waals surface area contributed by atoms with E-state index in [0.717, 1.165) is 18.5 Å². The number of likely N-dealkylation sites (tertiary alicyclic amines) is 2. The van der Waals surface area contributed by atoms with Crippen molar-refractivity contribution < 1.29 is 18.4 Å². The summed E-state index contributed by atoms with van der Waals surface area (Å²) in [6, 6.07) is 8.02. The summed E-state index contributed by atoms with van der Waals surface area (Å²) in [7, 11) is 3.42. The fourth-order valence-electron chi connectivity index (χ4n) is 4.65. The number of pyridine rings is 1. The lowest BCUT2D eigenvalue weighted by Crippen LogP contribution is -2.59. The minimum Gasteiger partial charge on any atom is -0.494 e. The highest BCUT2D eigenvalue weighted by molar-refractivity contribution is 5.95. The molecular formula is C22H22FN5O3. The van der Waals surface area contributed by atoms with Gasteiger partial charge < -0.3 is 14.2 Å². The number of aromatic nitrogens is 3. The molecule has 1 unspecified atom stereocenters. The molecule has 2 aliphatic rings. The zero-order valence-corrected chi connectivity index (χ0v) is 17.3. The van der Waals surface area contributed by atoms with E-state index in [4.69, 9.17) is 9.26 Å². The van der Waals surface area contributed by atoms with Crippen LogP contribution in [0, 0.1) is 11.2 Å². The molecule has 0 aliphatic carbocycles.